The van der Waals surface area contributed by atoms with Gasteiger partial charge in [0.15, 0.2) is 6.10 Å². The molecule has 1 aromatic carbocycles. The summed E-state index contributed by atoms with van der Waals surface area (Å²) in [4.78, 5) is 16.5. The first-order valence-electron chi connectivity index (χ1n) is 8.06. The van der Waals surface area contributed by atoms with Gasteiger partial charge in [-0.1, -0.05) is 31.9 Å². The van der Waals surface area contributed by atoms with Crippen molar-refractivity contribution in [3.8, 4) is 0 Å². The Morgan fingerprint density at radius 2 is 2.13 bits per heavy atom. The number of carbonyl (C=O) groups is 1. The second-order valence-corrected chi connectivity index (χ2v) is 7.45. The molecule has 0 aliphatic heterocycles. The Hall–Kier alpha value is -1.50. The minimum atomic E-state index is -1.49. The van der Waals surface area contributed by atoms with E-state index in [0.717, 1.165) is 29.5 Å². The number of hydrogen-bond donors (Lipinski definition) is 3. The predicted octanol–water partition coefficient (Wildman–Crippen LogP) is 2.39. The minimum Gasteiger partial charge on any atom is -0.383 e. The zero-order valence-corrected chi connectivity index (χ0v) is 13.9. The van der Waals surface area contributed by atoms with Gasteiger partial charge in [-0.25, -0.2) is 4.98 Å². The molecule has 4 unspecified atom stereocenters. The molecule has 3 rings (SSSR count). The molecule has 0 spiro atoms. The van der Waals surface area contributed by atoms with Crippen LogP contribution in [0.4, 0.5) is 0 Å². The number of benzene rings is 1. The number of aromatic nitrogens is 1. The summed E-state index contributed by atoms with van der Waals surface area (Å²) < 4.78 is 0.926. The van der Waals surface area contributed by atoms with E-state index in [-0.39, 0.29) is 6.04 Å². The van der Waals surface area contributed by atoms with Gasteiger partial charge in [0, 0.05) is 6.04 Å². The summed E-state index contributed by atoms with van der Waals surface area (Å²) in [5.41, 5.74) is 0.764. The molecule has 124 valence electrons. The summed E-state index contributed by atoms with van der Waals surface area (Å²) >= 11 is 1.30. The number of aliphatic hydroxyl groups excluding tert-OH is 2. The van der Waals surface area contributed by atoms with Crippen molar-refractivity contribution < 1.29 is 15.0 Å². The topological polar surface area (TPSA) is 82.5 Å². The van der Waals surface area contributed by atoms with E-state index in [1.54, 1.807) is 0 Å². The van der Waals surface area contributed by atoms with Crippen molar-refractivity contribution in [2.24, 2.45) is 5.92 Å². The van der Waals surface area contributed by atoms with E-state index in [2.05, 4.69) is 17.2 Å². The van der Waals surface area contributed by atoms with Crippen LogP contribution in [0, 0.1) is 5.92 Å². The monoisotopic (exact) mass is 334 g/mol. The van der Waals surface area contributed by atoms with Crippen LogP contribution < -0.4 is 5.32 Å². The van der Waals surface area contributed by atoms with Gasteiger partial charge < -0.3 is 15.5 Å². The van der Waals surface area contributed by atoms with Gasteiger partial charge in [0.2, 0.25) is 0 Å². The molecule has 1 heterocycles. The molecule has 1 amide bonds. The number of carbonyl (C=O) groups excluding carboxylic acids is 1. The third-order valence-electron chi connectivity index (χ3n) is 4.41. The van der Waals surface area contributed by atoms with Gasteiger partial charge in [-0.3, -0.25) is 4.79 Å². The van der Waals surface area contributed by atoms with Crippen LogP contribution in [0.25, 0.3) is 10.2 Å². The second-order valence-electron chi connectivity index (χ2n) is 6.39. The van der Waals surface area contributed by atoms with Crippen LogP contribution in [-0.2, 0) is 4.79 Å². The summed E-state index contributed by atoms with van der Waals surface area (Å²) in [7, 11) is 0. The van der Waals surface area contributed by atoms with Crippen LogP contribution in [0.15, 0.2) is 24.3 Å². The minimum absolute atomic E-state index is 0.0865. The summed E-state index contributed by atoms with van der Waals surface area (Å²) in [5, 5.41) is 23.7. The fourth-order valence-corrected chi connectivity index (χ4v) is 4.13. The van der Waals surface area contributed by atoms with Crippen LogP contribution in [0.1, 0.15) is 43.7 Å². The SMILES string of the molecule is CC1CCCC(NC(=O)C(O)C(O)c2nc3ccccc3s2)C1. The fourth-order valence-electron chi connectivity index (χ4n) is 3.15. The second kappa shape index (κ2) is 6.95. The molecule has 4 atom stereocenters. The first kappa shape index (κ1) is 16.4. The molecule has 3 N–H and O–H groups in total. The predicted molar refractivity (Wildman–Crippen MR) is 90.1 cm³/mol. The normalized spacial score (nSPS) is 24.3. The van der Waals surface area contributed by atoms with Crippen LogP contribution in [-0.4, -0.2) is 33.3 Å². The number of aliphatic hydroxyl groups is 2. The molecule has 1 fully saturated rings. The largest absolute Gasteiger partial charge is 0.383 e. The molecule has 0 saturated heterocycles. The maximum absolute atomic E-state index is 12.2. The smallest absolute Gasteiger partial charge is 0.252 e. The zero-order valence-electron chi connectivity index (χ0n) is 13.1. The molecule has 0 radical (unpaired) electrons. The van der Waals surface area contributed by atoms with Crippen molar-refractivity contribution in [2.45, 2.75) is 50.9 Å². The molecule has 1 aliphatic carbocycles. The molecule has 1 aliphatic rings. The first-order chi connectivity index (χ1) is 11.0. The van der Waals surface area contributed by atoms with Crippen molar-refractivity contribution in [2.75, 3.05) is 0 Å². The van der Waals surface area contributed by atoms with Gasteiger partial charge >= 0.3 is 0 Å². The lowest BCUT2D eigenvalue weighted by Crippen LogP contribution is -2.45. The molecular formula is C17H22N2O3S. The molecule has 1 aromatic heterocycles. The summed E-state index contributed by atoms with van der Waals surface area (Å²) in [6.45, 7) is 2.17. The molecule has 5 nitrogen and oxygen atoms in total. The molecule has 0 bridgehead atoms. The number of thiazole rings is 1. The van der Waals surface area contributed by atoms with E-state index in [1.165, 1.54) is 17.8 Å². The lowest BCUT2D eigenvalue weighted by Gasteiger charge is -2.28. The number of nitrogens with zero attached hydrogens (tertiary/aromatic N) is 1. The Morgan fingerprint density at radius 1 is 1.35 bits per heavy atom. The average molecular weight is 334 g/mol. The fraction of sp³-hybridized carbons (Fsp3) is 0.529. The molecule has 1 saturated carbocycles. The highest BCUT2D eigenvalue weighted by Gasteiger charge is 2.30. The highest BCUT2D eigenvalue weighted by molar-refractivity contribution is 7.18. The Kier molecular flexibility index (Phi) is 4.94. The lowest BCUT2D eigenvalue weighted by molar-refractivity contribution is -0.136. The van der Waals surface area contributed by atoms with Crippen LogP contribution in [0.5, 0.6) is 0 Å². The Morgan fingerprint density at radius 3 is 2.87 bits per heavy atom. The average Bonchev–Trinajstić information content (AvgIpc) is 2.97. The number of amides is 1. The molecule has 2 aromatic rings. The standard InChI is InChI=1S/C17H22N2O3S/c1-10-5-4-6-11(9-10)18-16(22)14(20)15(21)17-19-12-7-2-3-8-13(12)23-17/h2-3,7-8,10-11,14-15,20-21H,4-6,9H2,1H3,(H,18,22). The Labute approximate surface area is 139 Å². The van der Waals surface area contributed by atoms with E-state index in [4.69, 9.17) is 0 Å². The zero-order chi connectivity index (χ0) is 16.4. The van der Waals surface area contributed by atoms with Crippen molar-refractivity contribution in [1.82, 2.24) is 10.3 Å². The number of nitrogens with one attached hydrogen (secondary N) is 1. The van der Waals surface area contributed by atoms with Gasteiger partial charge in [-0.05, 0) is 30.9 Å². The van der Waals surface area contributed by atoms with Gasteiger partial charge in [-0.15, -0.1) is 11.3 Å². The van der Waals surface area contributed by atoms with Crippen molar-refractivity contribution in [3.63, 3.8) is 0 Å². The van der Waals surface area contributed by atoms with Crippen molar-refractivity contribution in [3.05, 3.63) is 29.3 Å². The van der Waals surface area contributed by atoms with E-state index in [1.807, 2.05) is 24.3 Å². The van der Waals surface area contributed by atoms with Gasteiger partial charge in [0.1, 0.15) is 11.1 Å². The van der Waals surface area contributed by atoms with Gasteiger partial charge in [-0.2, -0.15) is 0 Å². The number of hydrogen-bond acceptors (Lipinski definition) is 5. The maximum Gasteiger partial charge on any atom is 0.252 e. The molecular weight excluding hydrogens is 312 g/mol. The van der Waals surface area contributed by atoms with E-state index in [9.17, 15) is 15.0 Å². The van der Waals surface area contributed by atoms with Crippen LogP contribution in [0.2, 0.25) is 0 Å². The van der Waals surface area contributed by atoms with E-state index in [0.29, 0.717) is 10.9 Å². The third kappa shape index (κ3) is 3.71. The van der Waals surface area contributed by atoms with E-state index >= 15 is 0 Å². The van der Waals surface area contributed by atoms with Crippen LogP contribution in [0.3, 0.4) is 0 Å². The highest BCUT2D eigenvalue weighted by atomic mass is 32.1. The summed E-state index contributed by atoms with van der Waals surface area (Å²) in [6.07, 6.45) is 1.34. The maximum atomic E-state index is 12.2. The van der Waals surface area contributed by atoms with E-state index < -0.39 is 18.1 Å². The molecule has 23 heavy (non-hydrogen) atoms. The van der Waals surface area contributed by atoms with Crippen molar-refractivity contribution in [1.29, 1.82) is 0 Å². The number of fused-ring (bicyclic) bond motifs is 1. The summed E-state index contributed by atoms with van der Waals surface area (Å²) in [5.74, 6) is 0.0660. The highest BCUT2D eigenvalue weighted by Crippen LogP contribution is 2.28. The number of rotatable bonds is 4. The van der Waals surface area contributed by atoms with Crippen molar-refractivity contribution >= 4 is 27.5 Å². The van der Waals surface area contributed by atoms with Gasteiger partial charge in [0.25, 0.3) is 5.91 Å². The molecule has 6 heteroatoms. The Balaban J connectivity index is 1.66. The Bertz CT molecular complexity index is 654. The van der Waals surface area contributed by atoms with Crippen LogP contribution >= 0.6 is 11.3 Å². The first-order valence-corrected chi connectivity index (χ1v) is 8.88. The third-order valence-corrected chi connectivity index (χ3v) is 5.52. The quantitative estimate of drug-likeness (QED) is 0.802. The van der Waals surface area contributed by atoms with Gasteiger partial charge in [0.05, 0.1) is 10.2 Å². The summed E-state index contributed by atoms with van der Waals surface area (Å²) in [6, 6.07) is 7.59. The lowest BCUT2D eigenvalue weighted by atomic mass is 9.87. The number of para-hydroxylation sites is 1.